The van der Waals surface area contributed by atoms with E-state index in [0.29, 0.717) is 31.0 Å². The van der Waals surface area contributed by atoms with Crippen molar-refractivity contribution in [2.45, 2.75) is 32.7 Å². The van der Waals surface area contributed by atoms with Crippen LogP contribution in [0.2, 0.25) is 0 Å². The van der Waals surface area contributed by atoms with Crippen molar-refractivity contribution < 1.29 is 32.3 Å². The van der Waals surface area contributed by atoms with E-state index < -0.39 is 39.1 Å². The lowest BCUT2D eigenvalue weighted by molar-refractivity contribution is -0.115. The molecule has 10 nitrogen and oxygen atoms in total. The zero-order valence-corrected chi connectivity index (χ0v) is 22.9. The zero-order valence-electron chi connectivity index (χ0n) is 20.4. The number of methoxy groups -OCH3 is 1. The second-order valence-electron chi connectivity index (χ2n) is 8.34. The molecule has 3 aromatic rings. The molecule has 0 saturated carbocycles. The molecule has 13 heteroatoms. The molecule has 1 aliphatic rings. The van der Waals surface area contributed by atoms with Crippen LogP contribution in [0.1, 0.15) is 34.1 Å². The third-order valence-electron chi connectivity index (χ3n) is 5.73. The van der Waals surface area contributed by atoms with E-state index in [1.54, 1.807) is 0 Å². The minimum Gasteiger partial charge on any atom is -0.465 e. The van der Waals surface area contributed by atoms with E-state index >= 15 is 0 Å². The molecule has 198 valence electrons. The maximum Gasteiger partial charge on any atom is 0.341 e. The molecule has 0 saturated heterocycles. The summed E-state index contributed by atoms with van der Waals surface area (Å²) in [6.45, 7) is 3.29. The number of nitrogens with one attached hydrogen (secondary N) is 1. The molecule has 2 aromatic heterocycles. The van der Waals surface area contributed by atoms with Crippen LogP contribution in [0, 0.1) is 0 Å². The number of thiazole rings is 1. The Morgan fingerprint density at radius 2 is 1.92 bits per heavy atom. The maximum absolute atomic E-state index is 12.7. The summed E-state index contributed by atoms with van der Waals surface area (Å²) in [5.74, 6) is -4.09. The van der Waals surface area contributed by atoms with E-state index in [1.807, 2.05) is 35.8 Å². The number of benzene rings is 1. The van der Waals surface area contributed by atoms with E-state index in [2.05, 4.69) is 10.3 Å². The molecule has 2 amide bonds. The predicted molar refractivity (Wildman–Crippen MR) is 142 cm³/mol. The molecule has 4 rings (SSSR count). The standard InChI is InChI=1S/C24H27N3O7S3/c1-3-34-12-11-27-16-8-4-5-9-18(16)36-24(27)26-20(29)14-37(31,32)13-19(28)25-22-21(23(30)33-2)15-7-6-10-17(15)35-22/h4-5,8-9H,3,6-7,10-14H2,1-2H3,(H,25,28). The number of sulfone groups is 1. The van der Waals surface area contributed by atoms with Gasteiger partial charge in [-0.3, -0.25) is 9.59 Å². The minimum absolute atomic E-state index is 0.272. The van der Waals surface area contributed by atoms with Crippen molar-refractivity contribution in [1.82, 2.24) is 4.57 Å². The number of thiophene rings is 1. The molecule has 0 bridgehead atoms. The van der Waals surface area contributed by atoms with Crippen LogP contribution in [-0.2, 0) is 48.3 Å². The van der Waals surface area contributed by atoms with Crippen molar-refractivity contribution >= 4 is 65.5 Å². The summed E-state index contributed by atoms with van der Waals surface area (Å²) in [6, 6.07) is 7.53. The van der Waals surface area contributed by atoms with Gasteiger partial charge in [-0.25, -0.2) is 13.2 Å². The van der Waals surface area contributed by atoms with Gasteiger partial charge in [0.2, 0.25) is 5.91 Å². The molecule has 37 heavy (non-hydrogen) atoms. The number of anilines is 1. The molecule has 0 aliphatic heterocycles. The number of carbonyl (C=O) groups excluding carboxylic acids is 3. The third-order valence-corrected chi connectivity index (χ3v) is 9.39. The van der Waals surface area contributed by atoms with Gasteiger partial charge in [0.25, 0.3) is 5.91 Å². The van der Waals surface area contributed by atoms with Gasteiger partial charge in [0.1, 0.15) is 16.5 Å². The van der Waals surface area contributed by atoms with Gasteiger partial charge >= 0.3 is 5.97 Å². The first kappa shape index (κ1) is 27.2. The fourth-order valence-electron chi connectivity index (χ4n) is 4.17. The van der Waals surface area contributed by atoms with E-state index in [-0.39, 0.29) is 10.6 Å². The number of aromatic nitrogens is 1. The lowest BCUT2D eigenvalue weighted by atomic mass is 10.1. The summed E-state index contributed by atoms with van der Waals surface area (Å²) in [5, 5.41) is 2.80. The highest BCUT2D eigenvalue weighted by molar-refractivity contribution is 7.92. The number of esters is 1. The first-order chi connectivity index (χ1) is 17.7. The summed E-state index contributed by atoms with van der Waals surface area (Å²) in [5.41, 5.74) is 1.98. The second-order valence-corrected chi connectivity index (χ2v) is 12.5. The number of hydrogen-bond donors (Lipinski definition) is 1. The molecule has 1 N–H and O–H groups in total. The molecule has 0 unspecified atom stereocenters. The van der Waals surface area contributed by atoms with Gasteiger partial charge in [0, 0.05) is 18.0 Å². The van der Waals surface area contributed by atoms with Crippen molar-refractivity contribution in [2.24, 2.45) is 4.99 Å². The first-order valence-corrected chi connectivity index (χ1v) is 15.1. The minimum atomic E-state index is -4.11. The van der Waals surface area contributed by atoms with Gasteiger partial charge in [0.15, 0.2) is 14.6 Å². The van der Waals surface area contributed by atoms with Gasteiger partial charge in [-0.15, -0.1) is 11.3 Å². The Bertz CT molecular complexity index is 1520. The van der Waals surface area contributed by atoms with E-state index in [9.17, 15) is 22.8 Å². The van der Waals surface area contributed by atoms with Crippen molar-refractivity contribution in [2.75, 3.05) is 37.1 Å². The molecular formula is C24H27N3O7S3. The van der Waals surface area contributed by atoms with Crippen molar-refractivity contribution in [3.63, 3.8) is 0 Å². The quantitative estimate of drug-likeness (QED) is 0.295. The van der Waals surface area contributed by atoms with Gasteiger partial charge in [-0.1, -0.05) is 23.5 Å². The van der Waals surface area contributed by atoms with Crippen molar-refractivity contribution in [1.29, 1.82) is 0 Å². The zero-order chi connectivity index (χ0) is 26.6. The van der Waals surface area contributed by atoms with Gasteiger partial charge in [-0.05, 0) is 43.9 Å². The fourth-order valence-corrected chi connectivity index (χ4v) is 7.55. The molecular weight excluding hydrogens is 538 g/mol. The average Bonchev–Trinajstić information content (AvgIpc) is 3.51. The highest BCUT2D eigenvalue weighted by atomic mass is 32.2. The largest absolute Gasteiger partial charge is 0.465 e. The Morgan fingerprint density at radius 1 is 1.14 bits per heavy atom. The normalized spacial score (nSPS) is 13.6. The molecule has 2 heterocycles. The third kappa shape index (κ3) is 6.35. The van der Waals surface area contributed by atoms with Crippen LogP contribution in [0.15, 0.2) is 29.3 Å². The molecule has 0 atom stereocenters. The lowest BCUT2D eigenvalue weighted by Gasteiger charge is -2.07. The Hall–Kier alpha value is -2.87. The van der Waals surface area contributed by atoms with E-state index in [4.69, 9.17) is 9.47 Å². The van der Waals surface area contributed by atoms with E-state index in [1.165, 1.54) is 29.8 Å². The van der Waals surface area contributed by atoms with Crippen molar-refractivity contribution in [3.05, 3.63) is 45.1 Å². The summed E-state index contributed by atoms with van der Waals surface area (Å²) < 4.78 is 38.3. The highest BCUT2D eigenvalue weighted by Gasteiger charge is 2.29. The van der Waals surface area contributed by atoms with Crippen molar-refractivity contribution in [3.8, 4) is 0 Å². The number of para-hydroxylation sites is 1. The molecule has 1 aliphatic carbocycles. The van der Waals surface area contributed by atoms with E-state index in [0.717, 1.165) is 33.5 Å². The molecule has 0 fully saturated rings. The predicted octanol–water partition coefficient (Wildman–Crippen LogP) is 2.56. The van der Waals surface area contributed by atoms with Crippen LogP contribution in [0.5, 0.6) is 0 Å². The van der Waals surface area contributed by atoms with Crippen LogP contribution in [-0.4, -0.2) is 62.6 Å². The van der Waals surface area contributed by atoms with Crippen LogP contribution in [0.4, 0.5) is 5.00 Å². The molecule has 0 radical (unpaired) electrons. The van der Waals surface area contributed by atoms with Gasteiger partial charge < -0.3 is 19.4 Å². The Labute approximate surface area is 221 Å². The smallest absolute Gasteiger partial charge is 0.341 e. The van der Waals surface area contributed by atoms with Crippen LogP contribution < -0.4 is 10.1 Å². The number of carbonyl (C=O) groups is 3. The van der Waals surface area contributed by atoms with Crippen LogP contribution in [0.3, 0.4) is 0 Å². The fraction of sp³-hybridized carbons (Fsp3) is 0.417. The Balaban J connectivity index is 1.48. The Kier molecular flexibility index (Phi) is 8.57. The number of hydrogen-bond acceptors (Lipinski definition) is 9. The SMILES string of the molecule is CCOCCn1c(=NC(=O)CS(=O)(=O)CC(=O)Nc2sc3c(c2C(=O)OC)CCC3)sc2ccccc21. The number of nitrogens with zero attached hydrogens (tertiary/aromatic N) is 2. The molecule has 0 spiro atoms. The Morgan fingerprint density at radius 3 is 2.68 bits per heavy atom. The molecule has 1 aromatic carbocycles. The number of aryl methyl sites for hydroxylation is 1. The first-order valence-electron chi connectivity index (χ1n) is 11.7. The number of fused-ring (bicyclic) bond motifs is 2. The summed E-state index contributed by atoms with van der Waals surface area (Å²) >= 11 is 2.52. The van der Waals surface area contributed by atoms with Crippen LogP contribution >= 0.6 is 22.7 Å². The monoisotopic (exact) mass is 565 g/mol. The van der Waals surface area contributed by atoms with Crippen LogP contribution in [0.25, 0.3) is 10.2 Å². The lowest BCUT2D eigenvalue weighted by Crippen LogP contribution is -2.28. The second kappa shape index (κ2) is 11.7. The topological polar surface area (TPSA) is 133 Å². The number of ether oxygens (including phenoxy) is 2. The highest BCUT2D eigenvalue weighted by Crippen LogP contribution is 2.39. The maximum atomic E-state index is 12.7. The number of amides is 2. The van der Waals surface area contributed by atoms with Gasteiger partial charge in [-0.2, -0.15) is 4.99 Å². The summed E-state index contributed by atoms with van der Waals surface area (Å²) in [7, 11) is -2.86. The summed E-state index contributed by atoms with van der Waals surface area (Å²) in [4.78, 5) is 42.9. The average molecular weight is 566 g/mol. The number of rotatable bonds is 10. The summed E-state index contributed by atoms with van der Waals surface area (Å²) in [6.07, 6.45) is 2.39. The van der Waals surface area contributed by atoms with Gasteiger partial charge in [0.05, 0.1) is 29.5 Å².